The van der Waals surface area contributed by atoms with Crippen molar-refractivity contribution in [2.24, 2.45) is 17.3 Å². The van der Waals surface area contributed by atoms with Crippen molar-refractivity contribution in [3.05, 3.63) is 71.3 Å². The molecule has 3 aliphatic carbocycles. The van der Waals surface area contributed by atoms with Gasteiger partial charge in [-0.05, 0) is 90.2 Å². The third-order valence-electron chi connectivity index (χ3n) is 8.18. The van der Waals surface area contributed by atoms with E-state index in [1.807, 2.05) is 0 Å². The fourth-order valence-corrected chi connectivity index (χ4v) is 6.16. The van der Waals surface area contributed by atoms with Crippen LogP contribution in [-0.4, -0.2) is 0 Å². The highest BCUT2D eigenvalue weighted by Crippen LogP contribution is 2.51. The lowest BCUT2D eigenvalue weighted by Gasteiger charge is -2.46. The van der Waals surface area contributed by atoms with E-state index in [1.165, 1.54) is 62.5 Å². The summed E-state index contributed by atoms with van der Waals surface area (Å²) >= 11 is 0. The van der Waals surface area contributed by atoms with Gasteiger partial charge in [0.1, 0.15) is 0 Å². The van der Waals surface area contributed by atoms with Gasteiger partial charge < -0.3 is 0 Å². The van der Waals surface area contributed by atoms with E-state index < -0.39 is 0 Å². The first-order chi connectivity index (χ1) is 13.8. The van der Waals surface area contributed by atoms with Crippen molar-refractivity contribution in [3.8, 4) is 0 Å². The Kier molecular flexibility index (Phi) is 5.92. The van der Waals surface area contributed by atoms with Gasteiger partial charge in [-0.25, -0.2) is 0 Å². The zero-order chi connectivity index (χ0) is 20.5. The second-order valence-corrected chi connectivity index (χ2v) is 11.4. The summed E-state index contributed by atoms with van der Waals surface area (Å²) in [5.41, 5.74) is 5.39. The number of hydrogen-bond donors (Lipinski definition) is 0. The van der Waals surface area contributed by atoms with E-state index in [1.54, 1.807) is 5.56 Å². The molecule has 0 aromatic heterocycles. The quantitative estimate of drug-likeness (QED) is 0.494. The topological polar surface area (TPSA) is 0 Å². The summed E-state index contributed by atoms with van der Waals surface area (Å²) < 4.78 is 0. The average molecular weight is 389 g/mol. The highest BCUT2D eigenvalue weighted by molar-refractivity contribution is 5.31. The molecule has 5 rings (SSSR count). The van der Waals surface area contributed by atoms with Crippen LogP contribution in [0.25, 0.3) is 0 Å². The maximum absolute atomic E-state index is 2.55. The fourth-order valence-electron chi connectivity index (χ4n) is 6.16. The predicted molar refractivity (Wildman–Crippen MR) is 125 cm³/mol. The first kappa shape index (κ1) is 20.7. The van der Waals surface area contributed by atoms with E-state index >= 15 is 0 Å². The van der Waals surface area contributed by atoms with Gasteiger partial charge in [0.25, 0.3) is 0 Å². The van der Waals surface area contributed by atoms with Crippen LogP contribution in [0.15, 0.2) is 54.6 Å². The average Bonchev–Trinajstić information content (AvgIpc) is 2.69. The lowest BCUT2D eigenvalue weighted by Crippen LogP contribution is -2.34. The summed E-state index contributed by atoms with van der Waals surface area (Å²) in [5, 5.41) is 0. The minimum atomic E-state index is 0.224. The van der Waals surface area contributed by atoms with Gasteiger partial charge in [-0.1, -0.05) is 88.7 Å². The number of benzene rings is 2. The van der Waals surface area contributed by atoms with Gasteiger partial charge in [0.15, 0.2) is 0 Å². The molecule has 0 heterocycles. The summed E-state index contributed by atoms with van der Waals surface area (Å²) in [6, 6.07) is 20.9. The highest BCUT2D eigenvalue weighted by atomic mass is 14.4. The second-order valence-electron chi connectivity index (χ2n) is 11.4. The molecule has 0 nitrogen and oxygen atoms in total. The second kappa shape index (κ2) is 8.29. The van der Waals surface area contributed by atoms with Crippen LogP contribution in [0.1, 0.15) is 95.2 Å². The van der Waals surface area contributed by atoms with E-state index in [0.29, 0.717) is 11.3 Å². The standard InChI is InChI=1S/C29H40/c1-28(2,3)25-14-12-23(13-15-25)27(21-22-9-6-5-7-10-22)26-11-8-18-29(4)19-16-24(26)17-20-29/h5-7,9-10,12-15,24,26-27H,8,11,16-21H2,1-4H3. The maximum Gasteiger partial charge on any atom is -0.00905 e. The first-order valence-corrected chi connectivity index (χ1v) is 12.0. The normalized spacial score (nSPS) is 28.6. The molecule has 2 aromatic carbocycles. The Morgan fingerprint density at radius 3 is 2.14 bits per heavy atom. The molecular weight excluding hydrogens is 348 g/mol. The molecule has 0 aliphatic heterocycles. The maximum atomic E-state index is 2.55. The SMILES string of the molecule is CC12CCCC(C(Cc3ccccc3)c3ccc(C(C)(C)C)cc3)C(CC1)CC2. The zero-order valence-electron chi connectivity index (χ0n) is 19.1. The highest BCUT2D eigenvalue weighted by Gasteiger charge is 2.39. The van der Waals surface area contributed by atoms with Crippen LogP contribution >= 0.6 is 0 Å². The van der Waals surface area contributed by atoms with Crippen molar-refractivity contribution in [2.75, 3.05) is 0 Å². The molecule has 3 saturated carbocycles. The summed E-state index contributed by atoms with van der Waals surface area (Å²) in [6.45, 7) is 9.50. The molecule has 0 saturated heterocycles. The summed E-state index contributed by atoms with van der Waals surface area (Å²) in [7, 11) is 0. The minimum Gasteiger partial charge on any atom is -0.0622 e. The largest absolute Gasteiger partial charge is 0.0622 e. The van der Waals surface area contributed by atoms with Crippen molar-refractivity contribution >= 4 is 0 Å². The first-order valence-electron chi connectivity index (χ1n) is 12.0. The smallest absolute Gasteiger partial charge is 0.00905 e. The third kappa shape index (κ3) is 4.79. The molecule has 0 radical (unpaired) electrons. The molecule has 2 unspecified atom stereocenters. The zero-order valence-corrected chi connectivity index (χ0v) is 19.1. The van der Waals surface area contributed by atoms with Crippen molar-refractivity contribution in [3.63, 3.8) is 0 Å². The van der Waals surface area contributed by atoms with Crippen LogP contribution in [0, 0.1) is 17.3 Å². The molecule has 156 valence electrons. The molecule has 29 heavy (non-hydrogen) atoms. The van der Waals surface area contributed by atoms with Crippen molar-refractivity contribution in [1.82, 2.24) is 0 Å². The van der Waals surface area contributed by atoms with Gasteiger partial charge in [0, 0.05) is 0 Å². The third-order valence-corrected chi connectivity index (χ3v) is 8.18. The van der Waals surface area contributed by atoms with E-state index in [4.69, 9.17) is 0 Å². The molecule has 3 aliphatic rings. The molecule has 0 amide bonds. The van der Waals surface area contributed by atoms with Gasteiger partial charge in [0.2, 0.25) is 0 Å². The van der Waals surface area contributed by atoms with Gasteiger partial charge in [0.05, 0.1) is 0 Å². The van der Waals surface area contributed by atoms with Crippen LogP contribution in [-0.2, 0) is 11.8 Å². The van der Waals surface area contributed by atoms with Gasteiger partial charge in [-0.2, -0.15) is 0 Å². The van der Waals surface area contributed by atoms with Crippen LogP contribution in [0.4, 0.5) is 0 Å². The Hall–Kier alpha value is -1.56. The molecule has 0 N–H and O–H groups in total. The lowest BCUT2D eigenvalue weighted by molar-refractivity contribution is 0.0760. The number of rotatable bonds is 4. The minimum absolute atomic E-state index is 0.224. The van der Waals surface area contributed by atoms with E-state index in [2.05, 4.69) is 82.3 Å². The van der Waals surface area contributed by atoms with Crippen LogP contribution in [0.3, 0.4) is 0 Å². The Balaban J connectivity index is 1.65. The van der Waals surface area contributed by atoms with Crippen molar-refractivity contribution in [2.45, 2.75) is 90.4 Å². The molecule has 0 heteroatoms. The molecular formula is C29H40. The monoisotopic (exact) mass is 388 g/mol. The van der Waals surface area contributed by atoms with Crippen molar-refractivity contribution in [1.29, 1.82) is 0 Å². The van der Waals surface area contributed by atoms with Gasteiger partial charge in [-0.15, -0.1) is 0 Å². The molecule has 2 bridgehead atoms. The number of fused-ring (bicyclic) bond motifs is 5. The molecule has 2 atom stereocenters. The summed E-state index contributed by atoms with van der Waals surface area (Å²) in [6.07, 6.45) is 11.3. The van der Waals surface area contributed by atoms with Crippen molar-refractivity contribution < 1.29 is 0 Å². The number of hydrogen-bond acceptors (Lipinski definition) is 0. The fraction of sp³-hybridized carbons (Fsp3) is 0.586. The van der Waals surface area contributed by atoms with E-state index in [9.17, 15) is 0 Å². The van der Waals surface area contributed by atoms with Crippen LogP contribution in [0.5, 0.6) is 0 Å². The van der Waals surface area contributed by atoms with Crippen LogP contribution in [0.2, 0.25) is 0 Å². The lowest BCUT2D eigenvalue weighted by atomic mass is 9.59. The summed E-state index contributed by atoms with van der Waals surface area (Å²) in [5.74, 6) is 2.40. The summed E-state index contributed by atoms with van der Waals surface area (Å²) in [4.78, 5) is 0. The molecule has 0 spiro atoms. The Bertz CT molecular complexity index is 764. The molecule has 3 fully saturated rings. The Labute approximate surface area is 179 Å². The Morgan fingerprint density at radius 2 is 1.52 bits per heavy atom. The van der Waals surface area contributed by atoms with Gasteiger partial charge in [-0.3, -0.25) is 0 Å². The Morgan fingerprint density at radius 1 is 0.862 bits per heavy atom. The van der Waals surface area contributed by atoms with Gasteiger partial charge >= 0.3 is 0 Å². The van der Waals surface area contributed by atoms with Crippen LogP contribution < -0.4 is 0 Å². The van der Waals surface area contributed by atoms with E-state index in [-0.39, 0.29) is 5.41 Å². The molecule has 2 aromatic rings. The van der Waals surface area contributed by atoms with E-state index in [0.717, 1.165) is 11.8 Å². The predicted octanol–water partition coefficient (Wildman–Crippen LogP) is 8.31.